The normalized spacial score (nSPS) is 6.64. The highest BCUT2D eigenvalue weighted by molar-refractivity contribution is 5.66. The lowest BCUT2D eigenvalue weighted by Crippen LogP contribution is -1.86. The van der Waals surface area contributed by atoms with Crippen LogP contribution in [-0.4, -0.2) is 22.8 Å². The quantitative estimate of drug-likeness (QED) is 0.622. The van der Waals surface area contributed by atoms with Gasteiger partial charge >= 0.3 is 5.97 Å². The van der Waals surface area contributed by atoms with E-state index in [1.807, 2.05) is 0 Å². The fraction of sp³-hybridized carbons (Fsp3) is 0.875. The molecule has 0 atom stereocenters. The maximum atomic E-state index is 9.37. The number of carboxylic acids is 1. The van der Waals surface area contributed by atoms with E-state index in [9.17, 15) is 4.79 Å². The molecule has 0 saturated heterocycles. The van der Waals surface area contributed by atoms with Gasteiger partial charge in [0, 0.05) is 13.0 Å². The summed E-state index contributed by atoms with van der Waals surface area (Å²) in [5.74, 6) is -0.745. The number of carbonyl (C=O) groups is 1. The van der Waals surface area contributed by atoms with E-state index in [0.717, 1.165) is 0 Å². The molecule has 2 N–H and O–H groups in total. The molecule has 70 valence electrons. The van der Waals surface area contributed by atoms with Crippen molar-refractivity contribution in [2.75, 3.05) is 6.61 Å². The van der Waals surface area contributed by atoms with E-state index in [1.165, 1.54) is 6.42 Å². The summed E-state index contributed by atoms with van der Waals surface area (Å²) >= 11 is 0. The van der Waals surface area contributed by atoms with Crippen molar-refractivity contribution >= 4 is 5.97 Å². The first kappa shape index (κ1) is 16.8. The Kier molecular flexibility index (Phi) is 34.7. The minimum Gasteiger partial charge on any atom is -0.481 e. The topological polar surface area (TPSA) is 57.5 Å². The Hall–Kier alpha value is -0.570. The summed E-state index contributed by atoms with van der Waals surface area (Å²) in [6.07, 6.45) is 1.47. The van der Waals surface area contributed by atoms with Crippen LogP contribution in [0.1, 0.15) is 40.5 Å². The zero-order valence-corrected chi connectivity index (χ0v) is 7.92. The lowest BCUT2D eigenvalue weighted by molar-refractivity contribution is -0.136. The van der Waals surface area contributed by atoms with Crippen LogP contribution in [0, 0.1) is 0 Å². The fourth-order valence-electron chi connectivity index (χ4n) is 0. The van der Waals surface area contributed by atoms with Gasteiger partial charge in [0.2, 0.25) is 0 Å². The second-order valence-corrected chi connectivity index (χ2v) is 1.77. The number of hydrogen-bond acceptors (Lipinski definition) is 2. The summed E-state index contributed by atoms with van der Waals surface area (Å²) in [7, 11) is 0. The van der Waals surface area contributed by atoms with Gasteiger partial charge in [-0.1, -0.05) is 27.2 Å². The Morgan fingerprint density at radius 2 is 1.27 bits per heavy atom. The average molecular weight is 164 g/mol. The van der Waals surface area contributed by atoms with Crippen molar-refractivity contribution in [3.63, 3.8) is 0 Å². The summed E-state index contributed by atoms with van der Waals surface area (Å²) in [4.78, 5) is 9.37. The second-order valence-electron chi connectivity index (χ2n) is 1.77. The highest BCUT2D eigenvalue weighted by atomic mass is 16.4. The maximum absolute atomic E-state index is 9.37. The molecule has 0 aromatic carbocycles. The van der Waals surface area contributed by atoms with Gasteiger partial charge in [-0.15, -0.1) is 0 Å². The van der Waals surface area contributed by atoms with Crippen LogP contribution in [-0.2, 0) is 4.79 Å². The molecular formula is C8H20O3. The van der Waals surface area contributed by atoms with Crippen LogP contribution in [0.25, 0.3) is 0 Å². The minimum atomic E-state index is -0.745. The Bertz CT molecular complexity index is 60.4. The van der Waals surface area contributed by atoms with E-state index in [-0.39, 0.29) is 13.0 Å². The summed E-state index contributed by atoms with van der Waals surface area (Å²) in [5, 5.41) is 15.3. The van der Waals surface area contributed by atoms with Crippen LogP contribution in [0.3, 0.4) is 0 Å². The minimum absolute atomic E-state index is 0.222. The zero-order valence-electron chi connectivity index (χ0n) is 7.92. The Balaban J connectivity index is -0.0000000933. The van der Waals surface area contributed by atoms with E-state index in [0.29, 0.717) is 0 Å². The second kappa shape index (κ2) is 22.7. The molecule has 0 rings (SSSR count). The van der Waals surface area contributed by atoms with Gasteiger partial charge in [-0.05, 0) is 6.92 Å². The van der Waals surface area contributed by atoms with Crippen LogP contribution >= 0.6 is 0 Å². The molecule has 0 spiro atoms. The third-order valence-corrected chi connectivity index (χ3v) is 0.302. The van der Waals surface area contributed by atoms with E-state index < -0.39 is 5.97 Å². The molecule has 0 aliphatic heterocycles. The molecule has 3 nitrogen and oxygen atoms in total. The molecule has 0 aliphatic rings. The van der Waals surface area contributed by atoms with Crippen molar-refractivity contribution < 1.29 is 15.0 Å². The predicted molar refractivity (Wildman–Crippen MR) is 46.7 cm³/mol. The lowest BCUT2D eigenvalue weighted by Gasteiger charge is -1.71. The van der Waals surface area contributed by atoms with Crippen molar-refractivity contribution in [1.82, 2.24) is 0 Å². The number of aliphatic hydroxyl groups is 1. The maximum Gasteiger partial charge on any atom is 0.303 e. The molecule has 0 saturated carbocycles. The van der Waals surface area contributed by atoms with Crippen LogP contribution in [0.2, 0.25) is 0 Å². The van der Waals surface area contributed by atoms with Crippen LogP contribution in [0.4, 0.5) is 0 Å². The zero-order chi connectivity index (χ0) is 9.70. The molecule has 0 fully saturated rings. The summed E-state index contributed by atoms with van der Waals surface area (Å²) < 4.78 is 0. The smallest absolute Gasteiger partial charge is 0.303 e. The number of aliphatic carboxylic acids is 1. The van der Waals surface area contributed by atoms with Gasteiger partial charge in [-0.3, -0.25) is 4.79 Å². The monoisotopic (exact) mass is 164 g/mol. The molecule has 11 heavy (non-hydrogen) atoms. The molecular weight excluding hydrogens is 144 g/mol. The highest BCUT2D eigenvalue weighted by Crippen LogP contribution is 1.67. The van der Waals surface area contributed by atoms with Gasteiger partial charge in [-0.25, -0.2) is 0 Å². The van der Waals surface area contributed by atoms with E-state index >= 15 is 0 Å². The van der Waals surface area contributed by atoms with Gasteiger partial charge in [0.15, 0.2) is 0 Å². The fourth-order valence-corrected chi connectivity index (χ4v) is 0. The van der Waals surface area contributed by atoms with Gasteiger partial charge in [-0.2, -0.15) is 0 Å². The van der Waals surface area contributed by atoms with Crippen molar-refractivity contribution in [2.45, 2.75) is 40.5 Å². The van der Waals surface area contributed by atoms with E-state index in [4.69, 9.17) is 10.2 Å². The van der Waals surface area contributed by atoms with E-state index in [1.54, 1.807) is 13.8 Å². The molecule has 0 aliphatic carbocycles. The van der Waals surface area contributed by atoms with Gasteiger partial charge in [0.25, 0.3) is 0 Å². The molecule has 0 unspecified atom stereocenters. The largest absolute Gasteiger partial charge is 0.481 e. The Labute approximate surface area is 69.1 Å². The first-order chi connectivity index (χ1) is 5.10. The SMILES string of the molecule is CCC.CCC(=O)O.CCO. The third-order valence-electron chi connectivity index (χ3n) is 0.302. The number of carboxylic acid groups (broad SMARTS) is 1. The molecule has 3 heteroatoms. The number of aliphatic hydroxyl groups excluding tert-OH is 1. The molecule has 0 amide bonds. The third kappa shape index (κ3) is 255. The predicted octanol–water partition coefficient (Wildman–Crippen LogP) is 1.90. The van der Waals surface area contributed by atoms with Gasteiger partial charge < -0.3 is 10.2 Å². The van der Waals surface area contributed by atoms with Crippen LogP contribution in [0.5, 0.6) is 0 Å². The van der Waals surface area contributed by atoms with Gasteiger partial charge in [0.1, 0.15) is 0 Å². The van der Waals surface area contributed by atoms with Crippen molar-refractivity contribution in [1.29, 1.82) is 0 Å². The Morgan fingerprint density at radius 3 is 1.27 bits per heavy atom. The summed E-state index contributed by atoms with van der Waals surface area (Å²) in [6.45, 7) is 7.78. The molecule has 0 radical (unpaired) electrons. The van der Waals surface area contributed by atoms with Crippen molar-refractivity contribution in [3.05, 3.63) is 0 Å². The Morgan fingerprint density at radius 1 is 1.18 bits per heavy atom. The molecule has 0 aromatic heterocycles. The first-order valence-electron chi connectivity index (χ1n) is 3.93. The van der Waals surface area contributed by atoms with Gasteiger partial charge in [0.05, 0.1) is 0 Å². The molecule has 0 bridgehead atoms. The first-order valence-corrected chi connectivity index (χ1v) is 3.93. The number of hydrogen-bond donors (Lipinski definition) is 2. The van der Waals surface area contributed by atoms with Crippen LogP contribution in [0.15, 0.2) is 0 Å². The van der Waals surface area contributed by atoms with Crippen LogP contribution < -0.4 is 0 Å². The van der Waals surface area contributed by atoms with Crippen molar-refractivity contribution in [3.8, 4) is 0 Å². The number of rotatable bonds is 1. The summed E-state index contributed by atoms with van der Waals surface area (Å²) in [6, 6.07) is 0. The highest BCUT2D eigenvalue weighted by Gasteiger charge is 1.80. The molecule has 0 heterocycles. The average Bonchev–Trinajstić information content (AvgIpc) is 1.91. The summed E-state index contributed by atoms with van der Waals surface area (Å²) in [5.41, 5.74) is 0. The van der Waals surface area contributed by atoms with Crippen molar-refractivity contribution in [2.24, 2.45) is 0 Å². The molecule has 0 aromatic rings. The standard InChI is InChI=1S/C3H6O2.C3H8.C2H6O/c1-2-3(4)5;1-3-2;1-2-3/h2H2,1H3,(H,4,5);3H2,1-2H3;3H,2H2,1H3. The van der Waals surface area contributed by atoms with E-state index in [2.05, 4.69) is 13.8 Å². The lowest BCUT2D eigenvalue weighted by atomic mass is 10.5.